The molecule has 212 valence electrons. The van der Waals surface area contributed by atoms with Crippen molar-refractivity contribution in [3.8, 4) is 22.3 Å². The lowest BCUT2D eigenvalue weighted by Gasteiger charge is -2.36. The first-order valence-electron chi connectivity index (χ1n) is 15.4. The van der Waals surface area contributed by atoms with Crippen molar-refractivity contribution in [2.45, 2.75) is 44.4 Å². The summed E-state index contributed by atoms with van der Waals surface area (Å²) in [5.41, 5.74) is 13.7. The lowest BCUT2D eigenvalue weighted by atomic mass is 9.67. The Morgan fingerprint density at radius 3 is 2.00 bits per heavy atom. The summed E-state index contributed by atoms with van der Waals surface area (Å²) < 4.78 is 0. The first-order valence-corrected chi connectivity index (χ1v) is 15.4. The first kappa shape index (κ1) is 28.4. The van der Waals surface area contributed by atoms with Crippen LogP contribution in [0.5, 0.6) is 0 Å². The maximum atomic E-state index is 4.77. The van der Waals surface area contributed by atoms with Crippen molar-refractivity contribution in [1.82, 2.24) is 0 Å². The molecule has 0 amide bonds. The van der Waals surface area contributed by atoms with Crippen LogP contribution in [0.25, 0.3) is 22.3 Å². The molecule has 0 nitrogen and oxygen atoms in total. The molecule has 0 unspecified atom stereocenters. The zero-order chi connectivity index (χ0) is 29.6. The molecule has 3 aliphatic carbocycles. The number of fused-ring (bicyclic) bond motifs is 2. The van der Waals surface area contributed by atoms with E-state index in [0.29, 0.717) is 0 Å². The van der Waals surface area contributed by atoms with E-state index in [0.717, 1.165) is 43.3 Å². The molecular formula is C43H40. The average molecular weight is 557 g/mol. The highest BCUT2D eigenvalue weighted by molar-refractivity contribution is 5.74. The Labute approximate surface area is 257 Å². The van der Waals surface area contributed by atoms with Gasteiger partial charge in [0, 0.05) is 5.41 Å². The van der Waals surface area contributed by atoms with Gasteiger partial charge < -0.3 is 0 Å². The minimum absolute atomic E-state index is 0.279. The summed E-state index contributed by atoms with van der Waals surface area (Å²) in [7, 11) is 0. The van der Waals surface area contributed by atoms with Crippen molar-refractivity contribution < 1.29 is 0 Å². The molecule has 43 heavy (non-hydrogen) atoms. The second kappa shape index (κ2) is 12.7. The smallest absolute Gasteiger partial charge is 0.0269 e. The maximum absolute atomic E-state index is 4.77. The van der Waals surface area contributed by atoms with Crippen molar-refractivity contribution in [3.05, 3.63) is 192 Å². The summed E-state index contributed by atoms with van der Waals surface area (Å²) in [4.78, 5) is 0. The molecule has 0 aliphatic heterocycles. The van der Waals surface area contributed by atoms with E-state index in [1.54, 1.807) is 0 Å². The van der Waals surface area contributed by atoms with Gasteiger partial charge in [0.25, 0.3) is 0 Å². The van der Waals surface area contributed by atoms with Gasteiger partial charge in [0.2, 0.25) is 0 Å². The van der Waals surface area contributed by atoms with Crippen molar-refractivity contribution >= 4 is 0 Å². The number of hydrogen-bond acceptors (Lipinski definition) is 0. The second-order valence-corrected chi connectivity index (χ2v) is 12.0. The molecule has 3 aromatic carbocycles. The zero-order valence-electron chi connectivity index (χ0n) is 25.2. The molecule has 0 saturated heterocycles. The summed E-state index contributed by atoms with van der Waals surface area (Å²) in [6, 6.07) is 24.9. The predicted octanol–water partition coefficient (Wildman–Crippen LogP) is 11.5. The van der Waals surface area contributed by atoms with Crippen molar-refractivity contribution in [2.75, 3.05) is 0 Å². The quantitative estimate of drug-likeness (QED) is 0.294. The molecule has 0 atom stereocenters. The van der Waals surface area contributed by atoms with Crippen molar-refractivity contribution in [1.29, 1.82) is 0 Å². The largest absolute Gasteiger partial charge is 0.0949 e. The minimum atomic E-state index is -0.279. The third-order valence-electron chi connectivity index (χ3n) is 9.01. The number of hydrogen-bond donors (Lipinski definition) is 0. The lowest BCUT2D eigenvalue weighted by Crippen LogP contribution is -2.28. The number of rotatable bonds is 2. The molecule has 0 bridgehead atoms. The maximum Gasteiger partial charge on any atom is 0.0269 e. The second-order valence-electron chi connectivity index (χ2n) is 12.0. The van der Waals surface area contributed by atoms with Crippen LogP contribution < -0.4 is 0 Å². The third-order valence-corrected chi connectivity index (χ3v) is 9.01. The summed E-state index contributed by atoms with van der Waals surface area (Å²) >= 11 is 0. The van der Waals surface area contributed by atoms with Crippen LogP contribution in [0.15, 0.2) is 175 Å². The van der Waals surface area contributed by atoms with Crippen LogP contribution in [-0.2, 0) is 11.8 Å². The van der Waals surface area contributed by atoms with Gasteiger partial charge in [0.1, 0.15) is 0 Å². The lowest BCUT2D eigenvalue weighted by molar-refractivity contribution is 0.524. The molecule has 0 aromatic heterocycles. The highest BCUT2D eigenvalue weighted by atomic mass is 14.4. The molecule has 0 heterocycles. The van der Waals surface area contributed by atoms with E-state index in [4.69, 9.17) is 6.58 Å². The highest BCUT2D eigenvalue weighted by Crippen LogP contribution is 2.45. The molecule has 0 N–H and O–H groups in total. The van der Waals surface area contributed by atoms with E-state index in [1.165, 1.54) is 50.1 Å². The summed E-state index contributed by atoms with van der Waals surface area (Å²) in [6.45, 7) is 11.1. The highest BCUT2D eigenvalue weighted by Gasteiger charge is 2.35. The van der Waals surface area contributed by atoms with Gasteiger partial charge in [-0.2, -0.15) is 0 Å². The molecule has 3 aliphatic rings. The third kappa shape index (κ3) is 6.25. The Morgan fingerprint density at radius 1 is 0.605 bits per heavy atom. The van der Waals surface area contributed by atoms with E-state index in [9.17, 15) is 0 Å². The average Bonchev–Trinajstić information content (AvgIpc) is 3.06. The predicted molar refractivity (Wildman–Crippen MR) is 186 cm³/mol. The topological polar surface area (TPSA) is 0 Å². The Bertz CT molecular complexity index is 1740. The molecule has 3 aromatic rings. The molecule has 1 spiro atoms. The molecule has 0 saturated carbocycles. The van der Waals surface area contributed by atoms with Gasteiger partial charge >= 0.3 is 0 Å². The number of allylic oxidation sites excluding steroid dienone is 16. The van der Waals surface area contributed by atoms with Gasteiger partial charge in [0.05, 0.1) is 0 Å². The first-order chi connectivity index (χ1) is 21.0. The molecular weight excluding hydrogens is 516 g/mol. The standard InChI is InChI=1S/C43H40/c1-32-14-6-4-10-26-43(27-11-5-7-15-32)34(3)22-23-35-17-8-9-18-37(35)30-41-25-24-40(31-42(41)43)39-21-13-20-38(29-39)36-19-12-16-33(2)28-36/h4-7,9-16,18-25,28-29,31H,1,3,8,17,26-27,30H2,2H3/b10-4-,11-5-,14-6-,15-7-,23-22-. The van der Waals surface area contributed by atoms with Crippen LogP contribution >= 0.6 is 0 Å². The van der Waals surface area contributed by atoms with Gasteiger partial charge in [-0.3, -0.25) is 0 Å². The van der Waals surface area contributed by atoms with E-state index >= 15 is 0 Å². The minimum Gasteiger partial charge on any atom is -0.0949 e. The van der Waals surface area contributed by atoms with Gasteiger partial charge in [-0.25, -0.2) is 0 Å². The van der Waals surface area contributed by atoms with Gasteiger partial charge in [0.15, 0.2) is 0 Å². The van der Waals surface area contributed by atoms with Crippen LogP contribution in [0.4, 0.5) is 0 Å². The monoisotopic (exact) mass is 556 g/mol. The van der Waals surface area contributed by atoms with E-state index in [1.807, 2.05) is 0 Å². The Kier molecular flexibility index (Phi) is 8.38. The summed E-state index contributed by atoms with van der Waals surface area (Å²) in [6.07, 6.45) is 31.4. The number of aryl methyl sites for hydroxylation is 1. The normalized spacial score (nSPS) is 21.7. The van der Waals surface area contributed by atoms with Gasteiger partial charge in [-0.05, 0) is 107 Å². The van der Waals surface area contributed by atoms with Crippen molar-refractivity contribution in [2.24, 2.45) is 0 Å². The zero-order valence-corrected chi connectivity index (χ0v) is 25.2. The van der Waals surface area contributed by atoms with E-state index in [-0.39, 0.29) is 5.41 Å². The Balaban J connectivity index is 1.52. The van der Waals surface area contributed by atoms with Gasteiger partial charge in [-0.15, -0.1) is 0 Å². The SMILES string of the molecule is C=C1/C=C\C=C/CC2(C/C=C\C=C/1)C(=C)/C=C\C1=C(C=CCC1)Cc1ccc(-c3cccc(-c4cccc(C)c4)c3)cc12. The fraction of sp³-hybridized carbons (Fsp3) is 0.163. The van der Waals surface area contributed by atoms with Crippen LogP contribution in [0.3, 0.4) is 0 Å². The van der Waals surface area contributed by atoms with E-state index < -0.39 is 0 Å². The molecule has 0 heteroatoms. The summed E-state index contributed by atoms with van der Waals surface area (Å²) in [5, 5.41) is 0. The van der Waals surface area contributed by atoms with Crippen LogP contribution in [0.1, 0.15) is 42.4 Å². The Morgan fingerprint density at radius 2 is 1.28 bits per heavy atom. The summed E-state index contributed by atoms with van der Waals surface area (Å²) in [5.74, 6) is 0. The fourth-order valence-electron chi connectivity index (χ4n) is 6.57. The molecule has 6 rings (SSSR count). The van der Waals surface area contributed by atoms with Gasteiger partial charge in [-0.1, -0.05) is 146 Å². The molecule has 0 radical (unpaired) electrons. The fourth-order valence-corrected chi connectivity index (χ4v) is 6.57. The van der Waals surface area contributed by atoms with Crippen LogP contribution in [0, 0.1) is 6.92 Å². The Hall–Kier alpha value is -4.68. The number of benzene rings is 3. The van der Waals surface area contributed by atoms with Crippen LogP contribution in [0.2, 0.25) is 0 Å². The van der Waals surface area contributed by atoms with E-state index in [2.05, 4.69) is 153 Å². The molecule has 0 fully saturated rings. The van der Waals surface area contributed by atoms with Crippen LogP contribution in [-0.4, -0.2) is 0 Å². The van der Waals surface area contributed by atoms with Crippen molar-refractivity contribution in [3.63, 3.8) is 0 Å².